The first-order chi connectivity index (χ1) is 28.7. The molecule has 0 fully saturated rings. The lowest BCUT2D eigenvalue weighted by molar-refractivity contribution is 0.101. The smallest absolute Gasteiger partial charge is 0.258 e. The summed E-state index contributed by atoms with van der Waals surface area (Å²) in [6.45, 7) is 0.228. The molecule has 0 radical (unpaired) electrons. The van der Waals surface area contributed by atoms with Gasteiger partial charge in [-0.05, 0) is 94.3 Å². The molecule has 60 heavy (non-hydrogen) atoms. The number of para-hydroxylation sites is 1. The summed E-state index contributed by atoms with van der Waals surface area (Å²) in [6, 6.07) is 31.2. The lowest BCUT2D eigenvalue weighted by Gasteiger charge is -2.21. The van der Waals surface area contributed by atoms with Crippen molar-refractivity contribution in [1.82, 2.24) is 19.8 Å². The Balaban J connectivity index is 1.15. The first kappa shape index (κ1) is 42.4. The normalized spacial score (nSPS) is 10.6. The maximum absolute atomic E-state index is 13.5. The molecule has 16 heteroatoms. The maximum Gasteiger partial charge on any atom is 0.258 e. The molecule has 6 rings (SSSR count). The van der Waals surface area contributed by atoms with Crippen molar-refractivity contribution in [1.29, 1.82) is 10.8 Å². The molecule has 0 saturated carbocycles. The number of carbonyl (C=O) groups excluding carboxylic acids is 4. The van der Waals surface area contributed by atoms with Gasteiger partial charge in [0.25, 0.3) is 23.6 Å². The number of nitrogens with one attached hydrogen (secondary N) is 6. The Morgan fingerprint density at radius 2 is 1.10 bits per heavy atom. The van der Waals surface area contributed by atoms with Crippen molar-refractivity contribution in [3.63, 3.8) is 0 Å². The number of pyridine rings is 2. The molecule has 0 aliphatic carbocycles. The molecule has 0 saturated heterocycles. The largest absolute Gasteiger partial charge is 0.363 e. The van der Waals surface area contributed by atoms with Crippen LogP contribution in [0.25, 0.3) is 0 Å². The van der Waals surface area contributed by atoms with Crippen LogP contribution in [0.2, 0.25) is 5.02 Å². The molecule has 6 aromatic rings. The average molecular weight is 886 g/mol. The lowest BCUT2D eigenvalue weighted by atomic mass is 10.1. The van der Waals surface area contributed by atoms with Crippen LogP contribution in [-0.2, 0) is 6.54 Å². The zero-order valence-corrected chi connectivity index (χ0v) is 34.9. The van der Waals surface area contributed by atoms with Crippen molar-refractivity contribution < 1.29 is 19.2 Å². The third-order valence-electron chi connectivity index (χ3n) is 9.02. The van der Waals surface area contributed by atoms with Crippen molar-refractivity contribution in [3.8, 4) is 0 Å². The summed E-state index contributed by atoms with van der Waals surface area (Å²) in [7, 11) is 5.26. The number of amides is 4. The van der Waals surface area contributed by atoms with Crippen LogP contribution in [0.5, 0.6) is 0 Å². The van der Waals surface area contributed by atoms with Gasteiger partial charge in [0, 0.05) is 66.8 Å². The van der Waals surface area contributed by atoms with E-state index in [9.17, 15) is 19.2 Å². The van der Waals surface area contributed by atoms with E-state index in [4.69, 9.17) is 22.4 Å². The monoisotopic (exact) mass is 884 g/mol. The van der Waals surface area contributed by atoms with Gasteiger partial charge in [-0.3, -0.25) is 30.0 Å². The number of aromatic nitrogens is 2. The van der Waals surface area contributed by atoms with Crippen molar-refractivity contribution in [2.75, 3.05) is 42.4 Å². The average Bonchev–Trinajstić information content (AvgIpc) is 3.25. The van der Waals surface area contributed by atoms with E-state index in [-0.39, 0.29) is 29.2 Å². The first-order valence-corrected chi connectivity index (χ1v) is 19.4. The third kappa shape index (κ3) is 10.6. The Hall–Kier alpha value is -7.23. The van der Waals surface area contributed by atoms with Crippen LogP contribution in [0.1, 0.15) is 58.1 Å². The van der Waals surface area contributed by atoms with Gasteiger partial charge in [-0.25, -0.2) is 9.97 Å². The summed E-state index contributed by atoms with van der Waals surface area (Å²) in [6.07, 6.45) is 2.97. The van der Waals surface area contributed by atoms with E-state index in [0.29, 0.717) is 56.0 Å². The summed E-state index contributed by atoms with van der Waals surface area (Å²) in [5.74, 6) is -0.808. The van der Waals surface area contributed by atoms with Crippen LogP contribution in [0.15, 0.2) is 132 Å². The van der Waals surface area contributed by atoms with Crippen molar-refractivity contribution >= 4 is 85.8 Å². The van der Waals surface area contributed by atoms with Gasteiger partial charge in [0.2, 0.25) is 0 Å². The number of hydrogen-bond donors (Lipinski definition) is 6. The molecule has 302 valence electrons. The van der Waals surface area contributed by atoms with Crippen LogP contribution in [0.4, 0.5) is 23.0 Å². The quantitative estimate of drug-likeness (QED) is 0.0522. The number of hydrogen-bond acceptors (Lipinski definition) is 8. The minimum absolute atomic E-state index is 0.150. The highest BCUT2D eigenvalue weighted by Gasteiger charge is 2.19. The molecule has 2 heterocycles. The van der Waals surface area contributed by atoms with Crippen molar-refractivity contribution in [2.45, 2.75) is 6.54 Å². The Bertz CT molecular complexity index is 2590. The zero-order chi connectivity index (χ0) is 42.9. The fraction of sp³-hybridized carbons (Fsp3) is 0.0909. The van der Waals surface area contributed by atoms with Crippen LogP contribution in [-0.4, -0.2) is 76.2 Å². The summed E-state index contributed by atoms with van der Waals surface area (Å²) in [5, 5.41) is 28.7. The number of carbonyl (C=O) groups is 4. The lowest BCUT2D eigenvalue weighted by Crippen LogP contribution is -2.26. The predicted molar refractivity (Wildman–Crippen MR) is 238 cm³/mol. The summed E-state index contributed by atoms with van der Waals surface area (Å²) in [4.78, 5) is 65.0. The van der Waals surface area contributed by atoms with E-state index < -0.39 is 23.6 Å². The van der Waals surface area contributed by atoms with Gasteiger partial charge >= 0.3 is 0 Å². The third-order valence-corrected chi connectivity index (χ3v) is 9.72. The molecule has 2 aromatic heterocycles. The molecular weight excluding hydrogens is 848 g/mol. The topological polar surface area (TPSA) is 196 Å². The number of benzene rings is 4. The van der Waals surface area contributed by atoms with Gasteiger partial charge in [0.05, 0.1) is 27.5 Å². The fourth-order valence-electron chi connectivity index (χ4n) is 5.83. The second-order valence-electron chi connectivity index (χ2n) is 13.6. The number of halogens is 2. The number of anilines is 4. The van der Waals surface area contributed by atoms with Crippen LogP contribution >= 0.6 is 27.5 Å². The number of nitrogens with zero attached hydrogens (tertiary/aromatic N) is 4. The van der Waals surface area contributed by atoms with Gasteiger partial charge in [-0.2, -0.15) is 0 Å². The Morgan fingerprint density at radius 1 is 0.583 bits per heavy atom. The fourth-order valence-corrected chi connectivity index (χ4v) is 6.17. The van der Waals surface area contributed by atoms with E-state index in [1.165, 1.54) is 6.20 Å². The summed E-state index contributed by atoms with van der Waals surface area (Å²) < 4.78 is 0.745. The van der Waals surface area contributed by atoms with E-state index in [0.717, 1.165) is 4.47 Å². The van der Waals surface area contributed by atoms with Crippen LogP contribution in [0.3, 0.4) is 0 Å². The molecule has 0 spiro atoms. The maximum atomic E-state index is 13.5. The summed E-state index contributed by atoms with van der Waals surface area (Å²) >= 11 is 9.24. The molecule has 0 unspecified atom stereocenters. The van der Waals surface area contributed by atoms with E-state index in [2.05, 4.69) is 47.2 Å². The second kappa shape index (κ2) is 19.0. The van der Waals surface area contributed by atoms with Crippen LogP contribution in [0, 0.1) is 10.8 Å². The van der Waals surface area contributed by atoms with Crippen molar-refractivity contribution in [2.24, 2.45) is 0 Å². The molecule has 4 amide bonds. The SMILES string of the molecule is CN(C)C(=N)c1ccc(C(=O)Nc2cc(CN(C)C(=N)c3ccc(C(=O)Nc4ccccc4C(=O)Nc4ccc(Cl)cn4)cc3)ccc2C(=O)Nc2ccc(Br)cn2)cc1. The van der Waals surface area contributed by atoms with Gasteiger partial charge in [-0.15, -0.1) is 0 Å². The highest BCUT2D eigenvalue weighted by molar-refractivity contribution is 9.10. The molecule has 0 atom stereocenters. The highest BCUT2D eigenvalue weighted by Crippen LogP contribution is 2.24. The van der Waals surface area contributed by atoms with Gasteiger partial charge in [-0.1, -0.05) is 54.1 Å². The van der Waals surface area contributed by atoms with Gasteiger partial charge in [0.15, 0.2) is 0 Å². The molecule has 6 N–H and O–H groups in total. The van der Waals surface area contributed by atoms with E-state index >= 15 is 0 Å². The summed E-state index contributed by atoms with van der Waals surface area (Å²) in [5.41, 5.74) is 3.46. The Kier molecular flexibility index (Phi) is 13.4. The van der Waals surface area contributed by atoms with Gasteiger partial charge < -0.3 is 31.1 Å². The molecule has 0 aliphatic heterocycles. The molecule has 4 aromatic carbocycles. The highest BCUT2D eigenvalue weighted by atomic mass is 79.9. The molecule has 0 aliphatic rings. The Labute approximate surface area is 359 Å². The zero-order valence-electron chi connectivity index (χ0n) is 32.5. The predicted octanol–water partition coefficient (Wildman–Crippen LogP) is 8.25. The van der Waals surface area contributed by atoms with E-state index in [1.54, 1.807) is 152 Å². The minimum atomic E-state index is -0.492. The van der Waals surface area contributed by atoms with Crippen LogP contribution < -0.4 is 21.3 Å². The first-order valence-electron chi connectivity index (χ1n) is 18.2. The van der Waals surface area contributed by atoms with Crippen molar-refractivity contribution in [3.05, 3.63) is 176 Å². The minimum Gasteiger partial charge on any atom is -0.363 e. The Morgan fingerprint density at radius 3 is 1.65 bits per heavy atom. The van der Waals surface area contributed by atoms with E-state index in [1.807, 2.05) is 0 Å². The molecular formula is C44H38BrClN10O4. The molecule has 0 bridgehead atoms. The number of amidine groups is 2. The standard InChI is InChI=1S/C44H38BrClN10O4/c1-55(2)39(47)27-9-13-30(14-10-27)42(58)52-36-22-26(8-19-34(36)44(60)53-37-20-17-31(45)23-49-37)25-56(3)40(48)28-11-15-29(16-12-28)41(57)51-35-7-5-4-6-33(35)43(59)54-38-21-18-32(46)24-50-38/h4-24,47-48H,25H2,1-3H3,(H,51,57)(H,52,58)(H,49,53,60)(H,50,54,59). The second-order valence-corrected chi connectivity index (χ2v) is 14.9. The number of rotatable bonds is 12. The molecule has 14 nitrogen and oxygen atoms in total. The van der Waals surface area contributed by atoms with Gasteiger partial charge in [0.1, 0.15) is 23.3 Å².